The van der Waals surface area contributed by atoms with Crippen molar-refractivity contribution in [2.75, 3.05) is 38.7 Å². The molecule has 2 atom stereocenters. The van der Waals surface area contributed by atoms with Gasteiger partial charge in [0, 0.05) is 30.6 Å². The fourth-order valence-electron chi connectivity index (χ4n) is 3.04. The van der Waals surface area contributed by atoms with E-state index in [1.807, 2.05) is 12.1 Å². The Kier molecular flexibility index (Phi) is 3.90. The van der Waals surface area contributed by atoms with Crippen molar-refractivity contribution in [1.82, 2.24) is 9.29 Å². The van der Waals surface area contributed by atoms with Gasteiger partial charge in [0.05, 0.1) is 31.8 Å². The molecular weight excluding hydrogens is 292 g/mol. The molecule has 1 aromatic rings. The summed E-state index contributed by atoms with van der Waals surface area (Å²) in [6.45, 7) is 4.30. The Morgan fingerprint density at radius 2 is 2.43 bits per heavy atom. The van der Waals surface area contributed by atoms with Gasteiger partial charge >= 0.3 is 0 Å². The fourth-order valence-corrected chi connectivity index (χ4v) is 4.27. The molecule has 0 amide bonds. The maximum atomic E-state index is 12.1. The van der Waals surface area contributed by atoms with Crippen molar-refractivity contribution in [2.24, 2.45) is 11.3 Å². The summed E-state index contributed by atoms with van der Waals surface area (Å²) < 4.78 is 37.2. The molecule has 7 heteroatoms. The Labute approximate surface area is 125 Å². The van der Waals surface area contributed by atoms with Crippen molar-refractivity contribution in [3.63, 3.8) is 0 Å². The molecule has 2 aliphatic rings. The molecule has 0 radical (unpaired) electrons. The van der Waals surface area contributed by atoms with E-state index in [-0.39, 0.29) is 17.1 Å². The Morgan fingerprint density at radius 3 is 3.14 bits per heavy atom. The molecule has 3 rings (SSSR count). The van der Waals surface area contributed by atoms with Crippen LogP contribution in [-0.4, -0.2) is 56.4 Å². The average Bonchev–Trinajstić information content (AvgIpc) is 3.04. The highest BCUT2D eigenvalue weighted by molar-refractivity contribution is 7.89. The Hall–Kier alpha value is -1.18. The number of hydrogen-bond acceptors (Lipinski definition) is 5. The van der Waals surface area contributed by atoms with Crippen LogP contribution in [0.2, 0.25) is 0 Å². The second kappa shape index (κ2) is 5.55. The van der Waals surface area contributed by atoms with E-state index < -0.39 is 10.0 Å². The Bertz CT molecular complexity index is 592. The van der Waals surface area contributed by atoms with Crippen LogP contribution < -0.4 is 4.74 Å². The van der Waals surface area contributed by atoms with E-state index in [2.05, 4.69) is 4.98 Å². The highest BCUT2D eigenvalue weighted by atomic mass is 32.2. The molecule has 21 heavy (non-hydrogen) atoms. The molecule has 0 N–H and O–H groups in total. The van der Waals surface area contributed by atoms with E-state index in [1.165, 1.54) is 0 Å². The molecule has 0 aliphatic carbocycles. The molecule has 0 saturated carbocycles. The lowest BCUT2D eigenvalue weighted by Gasteiger charge is -2.26. The maximum Gasteiger partial charge on any atom is 0.213 e. The van der Waals surface area contributed by atoms with Gasteiger partial charge in [-0.15, -0.1) is 0 Å². The first kappa shape index (κ1) is 14.7. The lowest BCUT2D eigenvalue weighted by atomic mass is 9.82. The molecule has 0 aromatic carbocycles. The monoisotopic (exact) mass is 312 g/mol. The smallest absolute Gasteiger partial charge is 0.213 e. The predicted octanol–water partition coefficient (Wildman–Crippen LogP) is 0.758. The largest absolute Gasteiger partial charge is 0.491 e. The molecule has 2 fully saturated rings. The number of fused-ring (bicyclic) bond motifs is 1. The van der Waals surface area contributed by atoms with Gasteiger partial charge in [-0.1, -0.05) is 0 Å². The van der Waals surface area contributed by atoms with Crippen LogP contribution in [0, 0.1) is 11.3 Å². The number of nitrogens with zero attached hydrogens (tertiary/aromatic N) is 2. The molecule has 0 bridgehead atoms. The van der Waals surface area contributed by atoms with Gasteiger partial charge in [-0.25, -0.2) is 12.7 Å². The van der Waals surface area contributed by atoms with Gasteiger partial charge in [0.15, 0.2) is 0 Å². The molecule has 3 heterocycles. The van der Waals surface area contributed by atoms with Gasteiger partial charge in [-0.05, 0) is 19.1 Å². The van der Waals surface area contributed by atoms with E-state index >= 15 is 0 Å². The van der Waals surface area contributed by atoms with Gasteiger partial charge < -0.3 is 9.47 Å². The zero-order valence-corrected chi connectivity index (χ0v) is 12.9. The Balaban J connectivity index is 1.73. The second-order valence-corrected chi connectivity index (χ2v) is 8.00. The summed E-state index contributed by atoms with van der Waals surface area (Å²) in [5.74, 6) is 1.05. The maximum absolute atomic E-state index is 12.1. The summed E-state index contributed by atoms with van der Waals surface area (Å²) in [6, 6.07) is 3.67. The number of hydrogen-bond donors (Lipinski definition) is 0. The molecule has 1 aromatic heterocycles. The number of rotatable bonds is 5. The SMILES string of the molecule is CCS(=O)(=O)N1C[C@@H]2COC[C@]2(COc2cccnc2)C1. The zero-order valence-electron chi connectivity index (χ0n) is 12.1. The van der Waals surface area contributed by atoms with E-state index in [9.17, 15) is 8.42 Å². The quantitative estimate of drug-likeness (QED) is 0.803. The van der Waals surface area contributed by atoms with Gasteiger partial charge in [-0.2, -0.15) is 0 Å². The fraction of sp³-hybridized carbons (Fsp3) is 0.643. The zero-order chi connectivity index (χ0) is 14.9. The van der Waals surface area contributed by atoms with Crippen molar-refractivity contribution in [3.8, 4) is 5.75 Å². The van der Waals surface area contributed by atoms with Crippen molar-refractivity contribution in [1.29, 1.82) is 0 Å². The van der Waals surface area contributed by atoms with E-state index in [0.29, 0.717) is 38.7 Å². The first-order valence-corrected chi connectivity index (χ1v) is 8.75. The molecule has 0 spiro atoms. The first-order chi connectivity index (χ1) is 10.1. The molecule has 2 aliphatic heterocycles. The van der Waals surface area contributed by atoms with E-state index in [0.717, 1.165) is 0 Å². The van der Waals surface area contributed by atoms with Crippen LogP contribution >= 0.6 is 0 Å². The summed E-state index contributed by atoms with van der Waals surface area (Å²) in [7, 11) is -3.15. The number of sulfonamides is 1. The Morgan fingerprint density at radius 1 is 1.57 bits per heavy atom. The lowest BCUT2D eigenvalue weighted by molar-refractivity contribution is 0.101. The van der Waals surface area contributed by atoms with Gasteiger partial charge in [0.25, 0.3) is 0 Å². The second-order valence-electron chi connectivity index (χ2n) is 5.74. The summed E-state index contributed by atoms with van der Waals surface area (Å²) in [6.07, 6.45) is 3.36. The van der Waals surface area contributed by atoms with Crippen LogP contribution in [0.15, 0.2) is 24.5 Å². The highest BCUT2D eigenvalue weighted by Crippen LogP contribution is 2.42. The number of pyridine rings is 1. The van der Waals surface area contributed by atoms with E-state index in [1.54, 1.807) is 23.6 Å². The van der Waals surface area contributed by atoms with E-state index in [4.69, 9.17) is 9.47 Å². The lowest BCUT2D eigenvalue weighted by Crippen LogP contribution is -2.38. The third kappa shape index (κ3) is 2.77. The van der Waals surface area contributed by atoms with Crippen molar-refractivity contribution in [2.45, 2.75) is 6.92 Å². The summed E-state index contributed by atoms with van der Waals surface area (Å²) in [5.41, 5.74) is -0.238. The molecule has 6 nitrogen and oxygen atoms in total. The first-order valence-electron chi connectivity index (χ1n) is 7.14. The van der Waals surface area contributed by atoms with Gasteiger partial charge in [-0.3, -0.25) is 4.98 Å². The van der Waals surface area contributed by atoms with Crippen molar-refractivity contribution >= 4 is 10.0 Å². The number of aromatic nitrogens is 1. The van der Waals surface area contributed by atoms with Crippen molar-refractivity contribution < 1.29 is 17.9 Å². The van der Waals surface area contributed by atoms with Crippen LogP contribution in [-0.2, 0) is 14.8 Å². The van der Waals surface area contributed by atoms with Crippen LogP contribution in [0.5, 0.6) is 5.75 Å². The van der Waals surface area contributed by atoms with Crippen LogP contribution in [0.1, 0.15) is 6.92 Å². The van der Waals surface area contributed by atoms with Crippen molar-refractivity contribution in [3.05, 3.63) is 24.5 Å². The summed E-state index contributed by atoms with van der Waals surface area (Å²) in [4.78, 5) is 4.02. The van der Waals surface area contributed by atoms with Crippen LogP contribution in [0.3, 0.4) is 0 Å². The predicted molar refractivity (Wildman–Crippen MR) is 77.5 cm³/mol. The summed E-state index contributed by atoms with van der Waals surface area (Å²) >= 11 is 0. The highest BCUT2D eigenvalue weighted by Gasteiger charge is 2.53. The molecule has 0 unspecified atom stereocenters. The minimum Gasteiger partial charge on any atom is -0.491 e. The minimum absolute atomic E-state index is 0.139. The number of ether oxygens (including phenoxy) is 2. The van der Waals surface area contributed by atoms with Crippen LogP contribution in [0.4, 0.5) is 0 Å². The topological polar surface area (TPSA) is 68.7 Å². The third-order valence-corrected chi connectivity index (χ3v) is 6.20. The molecule has 116 valence electrons. The third-order valence-electron chi connectivity index (χ3n) is 4.41. The van der Waals surface area contributed by atoms with Gasteiger partial charge in [0.1, 0.15) is 5.75 Å². The standard InChI is InChI=1S/C14H20N2O4S/c1-2-21(17,18)16-7-12-8-19-10-14(12,9-16)11-20-13-4-3-5-15-6-13/h3-6,12H,2,7-11H2,1H3/t12-,14+/m1/s1. The minimum atomic E-state index is -3.15. The molecule has 2 saturated heterocycles. The summed E-state index contributed by atoms with van der Waals surface area (Å²) in [5, 5.41) is 0. The van der Waals surface area contributed by atoms with Crippen LogP contribution in [0.25, 0.3) is 0 Å². The molecular formula is C14H20N2O4S. The average molecular weight is 312 g/mol. The van der Waals surface area contributed by atoms with Gasteiger partial charge in [0.2, 0.25) is 10.0 Å². The normalized spacial score (nSPS) is 29.5.